The van der Waals surface area contributed by atoms with Crippen LogP contribution in [0.2, 0.25) is 0 Å². The Bertz CT molecular complexity index is 231. The number of ether oxygens (including phenoxy) is 1. The van der Waals surface area contributed by atoms with Crippen molar-refractivity contribution in [1.82, 2.24) is 0 Å². The minimum absolute atomic E-state index is 0.230. The Morgan fingerprint density at radius 1 is 1.46 bits per heavy atom. The van der Waals surface area contributed by atoms with Gasteiger partial charge < -0.3 is 10.5 Å². The fraction of sp³-hybridized carbons (Fsp3) is 0.556. The van der Waals surface area contributed by atoms with E-state index in [9.17, 15) is 9.59 Å². The van der Waals surface area contributed by atoms with Crippen LogP contribution in [0.5, 0.6) is 0 Å². The molecular weight excluding hydrogens is 170 g/mol. The van der Waals surface area contributed by atoms with E-state index in [4.69, 9.17) is 10.5 Å². The molecule has 0 bridgehead atoms. The molecule has 13 heavy (non-hydrogen) atoms. The number of amides is 1. The summed E-state index contributed by atoms with van der Waals surface area (Å²) in [4.78, 5) is 21.5. The Morgan fingerprint density at radius 2 is 2.00 bits per heavy atom. The number of hydrogen-bond donors (Lipinski definition) is 1. The van der Waals surface area contributed by atoms with Gasteiger partial charge in [-0.25, -0.2) is 4.79 Å². The van der Waals surface area contributed by atoms with Gasteiger partial charge in [-0.1, -0.05) is 13.8 Å². The van der Waals surface area contributed by atoms with Gasteiger partial charge in [0.25, 0.3) is 0 Å². The second-order valence-electron chi connectivity index (χ2n) is 3.22. The molecule has 0 fully saturated rings. The first kappa shape index (κ1) is 11.7. The molecule has 0 aliphatic rings. The Labute approximate surface area is 77.7 Å². The van der Waals surface area contributed by atoms with Gasteiger partial charge in [-0.3, -0.25) is 4.79 Å². The van der Waals surface area contributed by atoms with Gasteiger partial charge in [0.05, 0.1) is 6.61 Å². The quantitative estimate of drug-likeness (QED) is 0.515. The molecule has 0 heterocycles. The average Bonchev–Trinajstić information content (AvgIpc) is 1.98. The second-order valence-corrected chi connectivity index (χ2v) is 3.22. The molecule has 0 unspecified atom stereocenters. The predicted octanol–water partition coefficient (Wildman–Crippen LogP) is 0.617. The van der Waals surface area contributed by atoms with E-state index < -0.39 is 11.9 Å². The number of nitrogens with two attached hydrogens (primary N) is 1. The zero-order valence-electron chi connectivity index (χ0n) is 8.16. The maximum absolute atomic E-state index is 11.1. The normalized spacial score (nSPS) is 11.5. The first-order valence-corrected chi connectivity index (χ1v) is 4.08. The largest absolute Gasteiger partial charge is 0.462 e. The first-order valence-electron chi connectivity index (χ1n) is 4.08. The topological polar surface area (TPSA) is 69.4 Å². The van der Waals surface area contributed by atoms with Gasteiger partial charge >= 0.3 is 5.97 Å². The van der Waals surface area contributed by atoms with Crippen LogP contribution >= 0.6 is 0 Å². The number of carbonyl (C=O) groups is 2. The van der Waals surface area contributed by atoms with E-state index in [2.05, 4.69) is 0 Å². The monoisotopic (exact) mass is 185 g/mol. The molecule has 0 aromatic heterocycles. The highest BCUT2D eigenvalue weighted by molar-refractivity contribution is 5.97. The molecular formula is C9H15NO3. The third kappa shape index (κ3) is 5.90. The molecule has 4 heteroatoms. The van der Waals surface area contributed by atoms with Crippen molar-refractivity contribution < 1.29 is 14.3 Å². The number of hydrogen-bond acceptors (Lipinski definition) is 3. The Morgan fingerprint density at radius 3 is 2.38 bits per heavy atom. The fourth-order valence-electron chi connectivity index (χ4n) is 0.629. The Kier molecular flexibility index (Phi) is 4.80. The van der Waals surface area contributed by atoms with Gasteiger partial charge in [0, 0.05) is 11.6 Å². The highest BCUT2D eigenvalue weighted by Crippen LogP contribution is 1.99. The van der Waals surface area contributed by atoms with E-state index in [0.717, 1.165) is 6.08 Å². The van der Waals surface area contributed by atoms with E-state index in [-0.39, 0.29) is 11.5 Å². The maximum atomic E-state index is 11.1. The van der Waals surface area contributed by atoms with E-state index in [1.54, 1.807) is 0 Å². The van der Waals surface area contributed by atoms with Crippen molar-refractivity contribution in [1.29, 1.82) is 0 Å². The van der Waals surface area contributed by atoms with Crippen molar-refractivity contribution >= 4 is 11.9 Å². The van der Waals surface area contributed by atoms with Gasteiger partial charge in [0.2, 0.25) is 5.91 Å². The lowest BCUT2D eigenvalue weighted by molar-refractivity contribution is -0.140. The highest BCUT2D eigenvalue weighted by Gasteiger charge is 2.07. The average molecular weight is 185 g/mol. The van der Waals surface area contributed by atoms with Crippen molar-refractivity contribution in [3.63, 3.8) is 0 Å². The number of rotatable bonds is 4. The molecule has 0 rings (SSSR count). The summed E-state index contributed by atoms with van der Waals surface area (Å²) in [5, 5.41) is 0. The molecule has 0 aliphatic carbocycles. The summed E-state index contributed by atoms with van der Waals surface area (Å²) in [6, 6.07) is 0. The van der Waals surface area contributed by atoms with Crippen molar-refractivity contribution in [2.75, 3.05) is 6.61 Å². The van der Waals surface area contributed by atoms with Crippen LogP contribution in [0, 0.1) is 5.92 Å². The standard InChI is InChI=1S/C9H15NO3/c1-6(2)5-13-9(12)7(3)4-8(10)11/h4,6H,5H2,1-3H3,(H2,10,11). The smallest absolute Gasteiger partial charge is 0.333 e. The fourth-order valence-corrected chi connectivity index (χ4v) is 0.629. The SMILES string of the molecule is CC(=CC(N)=O)C(=O)OCC(C)C. The van der Waals surface area contributed by atoms with Crippen molar-refractivity contribution in [3.05, 3.63) is 11.6 Å². The number of carbonyl (C=O) groups excluding carboxylic acids is 2. The number of esters is 1. The molecule has 0 radical (unpaired) electrons. The molecule has 74 valence electrons. The lowest BCUT2D eigenvalue weighted by Gasteiger charge is -2.06. The molecule has 0 aliphatic heterocycles. The summed E-state index contributed by atoms with van der Waals surface area (Å²) in [5.74, 6) is -0.850. The molecule has 4 nitrogen and oxygen atoms in total. The molecule has 0 spiro atoms. The predicted molar refractivity (Wildman–Crippen MR) is 48.7 cm³/mol. The van der Waals surface area contributed by atoms with E-state index >= 15 is 0 Å². The molecule has 0 aromatic rings. The first-order chi connectivity index (χ1) is 5.93. The molecule has 0 saturated carbocycles. The van der Waals surface area contributed by atoms with Crippen LogP contribution < -0.4 is 5.73 Å². The van der Waals surface area contributed by atoms with E-state index in [1.807, 2.05) is 13.8 Å². The summed E-state index contributed by atoms with van der Waals surface area (Å²) >= 11 is 0. The van der Waals surface area contributed by atoms with Gasteiger partial charge in [-0.05, 0) is 12.8 Å². The van der Waals surface area contributed by atoms with Crippen LogP contribution in [0.15, 0.2) is 11.6 Å². The van der Waals surface area contributed by atoms with Crippen LogP contribution in [-0.4, -0.2) is 18.5 Å². The van der Waals surface area contributed by atoms with Gasteiger partial charge in [-0.2, -0.15) is 0 Å². The zero-order valence-corrected chi connectivity index (χ0v) is 8.16. The lowest BCUT2D eigenvalue weighted by atomic mass is 10.2. The third-order valence-corrected chi connectivity index (χ3v) is 1.23. The van der Waals surface area contributed by atoms with E-state index in [1.165, 1.54) is 6.92 Å². The molecule has 1 amide bonds. The van der Waals surface area contributed by atoms with Crippen LogP contribution in [0.3, 0.4) is 0 Å². The summed E-state index contributed by atoms with van der Waals surface area (Å²) < 4.78 is 4.85. The summed E-state index contributed by atoms with van der Waals surface area (Å²) in [5.41, 5.74) is 5.09. The van der Waals surface area contributed by atoms with Crippen LogP contribution in [0.1, 0.15) is 20.8 Å². The van der Waals surface area contributed by atoms with Crippen molar-refractivity contribution in [2.24, 2.45) is 11.7 Å². The van der Waals surface area contributed by atoms with E-state index in [0.29, 0.717) is 6.61 Å². The molecule has 0 aromatic carbocycles. The van der Waals surface area contributed by atoms with Gasteiger partial charge in [-0.15, -0.1) is 0 Å². The van der Waals surface area contributed by atoms with Crippen LogP contribution in [0.25, 0.3) is 0 Å². The van der Waals surface area contributed by atoms with Gasteiger partial charge in [0.15, 0.2) is 0 Å². The molecule has 2 N–H and O–H groups in total. The summed E-state index contributed by atoms with van der Waals surface area (Å²) in [6.45, 7) is 5.71. The summed E-state index contributed by atoms with van der Waals surface area (Å²) in [7, 11) is 0. The molecule has 0 atom stereocenters. The second kappa shape index (κ2) is 5.35. The summed E-state index contributed by atoms with van der Waals surface area (Å²) in [6.07, 6.45) is 1.06. The molecule has 0 saturated heterocycles. The van der Waals surface area contributed by atoms with Crippen LogP contribution in [0.4, 0.5) is 0 Å². The van der Waals surface area contributed by atoms with Crippen molar-refractivity contribution in [2.45, 2.75) is 20.8 Å². The zero-order chi connectivity index (χ0) is 10.4. The maximum Gasteiger partial charge on any atom is 0.333 e. The Hall–Kier alpha value is -1.32. The van der Waals surface area contributed by atoms with Crippen LogP contribution in [-0.2, 0) is 14.3 Å². The van der Waals surface area contributed by atoms with Gasteiger partial charge in [0.1, 0.15) is 0 Å². The third-order valence-electron chi connectivity index (χ3n) is 1.23. The lowest BCUT2D eigenvalue weighted by Crippen LogP contribution is -2.14. The highest BCUT2D eigenvalue weighted by atomic mass is 16.5. The number of primary amides is 1. The Balaban J connectivity index is 4.04. The minimum Gasteiger partial charge on any atom is -0.462 e. The minimum atomic E-state index is -0.640. The van der Waals surface area contributed by atoms with Crippen molar-refractivity contribution in [3.8, 4) is 0 Å².